The number of hydrogen-bond acceptors (Lipinski definition) is 4. The molecule has 0 aromatic heterocycles. The SMILES string of the molecule is Cc1cc(NC2CCCOCC2)ccc1[N+](=O)[O-]. The van der Waals surface area contributed by atoms with Crippen molar-refractivity contribution in [2.24, 2.45) is 0 Å². The van der Waals surface area contributed by atoms with E-state index in [9.17, 15) is 10.1 Å². The van der Waals surface area contributed by atoms with Gasteiger partial charge in [-0.15, -0.1) is 0 Å². The Morgan fingerprint density at radius 3 is 2.94 bits per heavy atom. The van der Waals surface area contributed by atoms with Crippen LogP contribution in [0.25, 0.3) is 0 Å². The van der Waals surface area contributed by atoms with E-state index in [2.05, 4.69) is 5.32 Å². The van der Waals surface area contributed by atoms with Crippen LogP contribution in [0, 0.1) is 17.0 Å². The summed E-state index contributed by atoms with van der Waals surface area (Å²) < 4.78 is 5.41. The number of rotatable bonds is 3. The van der Waals surface area contributed by atoms with E-state index in [0.29, 0.717) is 11.6 Å². The number of anilines is 1. The Labute approximate surface area is 106 Å². The molecule has 2 rings (SSSR count). The third-order valence-corrected chi connectivity index (χ3v) is 3.22. The second kappa shape index (κ2) is 5.82. The molecule has 0 spiro atoms. The van der Waals surface area contributed by atoms with Gasteiger partial charge in [0.25, 0.3) is 5.69 Å². The molecule has 0 bridgehead atoms. The fourth-order valence-electron chi connectivity index (χ4n) is 2.23. The van der Waals surface area contributed by atoms with E-state index in [1.54, 1.807) is 19.1 Å². The summed E-state index contributed by atoms with van der Waals surface area (Å²) in [5.74, 6) is 0. The second-order valence-corrected chi connectivity index (χ2v) is 4.64. The van der Waals surface area contributed by atoms with Gasteiger partial charge in [-0.1, -0.05) is 0 Å². The molecule has 1 unspecified atom stereocenters. The first-order valence-electron chi connectivity index (χ1n) is 6.26. The smallest absolute Gasteiger partial charge is 0.272 e. The molecule has 18 heavy (non-hydrogen) atoms. The van der Waals surface area contributed by atoms with Crippen molar-refractivity contribution >= 4 is 11.4 Å². The molecular formula is C13H18N2O3. The van der Waals surface area contributed by atoms with Crippen LogP contribution in [0.5, 0.6) is 0 Å². The maximum atomic E-state index is 10.7. The maximum absolute atomic E-state index is 10.7. The summed E-state index contributed by atoms with van der Waals surface area (Å²) in [5.41, 5.74) is 1.81. The lowest BCUT2D eigenvalue weighted by Crippen LogP contribution is -2.19. The van der Waals surface area contributed by atoms with Crippen LogP contribution >= 0.6 is 0 Å². The van der Waals surface area contributed by atoms with E-state index >= 15 is 0 Å². The maximum Gasteiger partial charge on any atom is 0.272 e. The highest BCUT2D eigenvalue weighted by atomic mass is 16.6. The highest BCUT2D eigenvalue weighted by Crippen LogP contribution is 2.23. The average molecular weight is 250 g/mol. The van der Waals surface area contributed by atoms with Crippen LogP contribution < -0.4 is 5.32 Å². The molecule has 1 aliphatic heterocycles. The Balaban J connectivity index is 2.05. The normalized spacial score (nSPS) is 20.2. The third-order valence-electron chi connectivity index (χ3n) is 3.22. The van der Waals surface area contributed by atoms with Gasteiger partial charge < -0.3 is 10.1 Å². The molecule has 1 heterocycles. The summed E-state index contributed by atoms with van der Waals surface area (Å²) in [4.78, 5) is 10.4. The average Bonchev–Trinajstić information content (AvgIpc) is 2.57. The van der Waals surface area contributed by atoms with Crippen molar-refractivity contribution in [3.63, 3.8) is 0 Å². The van der Waals surface area contributed by atoms with Gasteiger partial charge >= 0.3 is 0 Å². The van der Waals surface area contributed by atoms with Gasteiger partial charge in [0.2, 0.25) is 0 Å². The monoisotopic (exact) mass is 250 g/mol. The van der Waals surface area contributed by atoms with E-state index < -0.39 is 0 Å². The molecule has 0 amide bonds. The fourth-order valence-corrected chi connectivity index (χ4v) is 2.23. The zero-order valence-electron chi connectivity index (χ0n) is 10.5. The number of nitrogens with one attached hydrogen (secondary N) is 1. The molecule has 98 valence electrons. The minimum Gasteiger partial charge on any atom is -0.382 e. The first-order chi connectivity index (χ1) is 8.66. The summed E-state index contributed by atoms with van der Waals surface area (Å²) in [6.07, 6.45) is 3.12. The topological polar surface area (TPSA) is 64.4 Å². The van der Waals surface area contributed by atoms with Crippen molar-refractivity contribution in [3.8, 4) is 0 Å². The van der Waals surface area contributed by atoms with E-state index in [0.717, 1.165) is 38.2 Å². The molecule has 5 heteroatoms. The zero-order valence-corrected chi connectivity index (χ0v) is 10.5. The van der Waals surface area contributed by atoms with Crippen molar-refractivity contribution in [1.82, 2.24) is 0 Å². The van der Waals surface area contributed by atoms with Crippen LogP contribution in [0.1, 0.15) is 24.8 Å². The highest BCUT2D eigenvalue weighted by molar-refractivity contribution is 5.54. The van der Waals surface area contributed by atoms with E-state index in [4.69, 9.17) is 4.74 Å². The van der Waals surface area contributed by atoms with Crippen LogP contribution in [0.15, 0.2) is 18.2 Å². The lowest BCUT2D eigenvalue weighted by Gasteiger charge is -2.17. The zero-order chi connectivity index (χ0) is 13.0. The van der Waals surface area contributed by atoms with Crippen LogP contribution in [-0.4, -0.2) is 24.2 Å². The van der Waals surface area contributed by atoms with Crippen molar-refractivity contribution in [3.05, 3.63) is 33.9 Å². The first kappa shape index (κ1) is 12.8. The predicted molar refractivity (Wildman–Crippen MR) is 69.9 cm³/mol. The quantitative estimate of drug-likeness (QED) is 0.661. The highest BCUT2D eigenvalue weighted by Gasteiger charge is 2.14. The van der Waals surface area contributed by atoms with Gasteiger partial charge in [0.15, 0.2) is 0 Å². The van der Waals surface area contributed by atoms with Gasteiger partial charge in [0.1, 0.15) is 0 Å². The molecule has 1 atom stereocenters. The number of hydrogen-bond donors (Lipinski definition) is 1. The van der Waals surface area contributed by atoms with Crippen LogP contribution in [0.3, 0.4) is 0 Å². The summed E-state index contributed by atoms with van der Waals surface area (Å²) in [7, 11) is 0. The summed E-state index contributed by atoms with van der Waals surface area (Å²) in [5, 5.41) is 14.2. The molecular weight excluding hydrogens is 232 g/mol. The van der Waals surface area contributed by atoms with Crippen LogP contribution in [-0.2, 0) is 4.74 Å². The fraction of sp³-hybridized carbons (Fsp3) is 0.538. The molecule has 1 N–H and O–H groups in total. The Hall–Kier alpha value is -1.62. The Kier molecular flexibility index (Phi) is 4.15. The lowest BCUT2D eigenvalue weighted by atomic mass is 10.1. The van der Waals surface area contributed by atoms with Crippen molar-refractivity contribution in [2.45, 2.75) is 32.2 Å². The summed E-state index contributed by atoms with van der Waals surface area (Å²) >= 11 is 0. The van der Waals surface area contributed by atoms with Gasteiger partial charge in [-0.25, -0.2) is 0 Å². The Morgan fingerprint density at radius 2 is 2.22 bits per heavy atom. The first-order valence-corrected chi connectivity index (χ1v) is 6.26. The van der Waals surface area contributed by atoms with Gasteiger partial charge in [0, 0.05) is 36.6 Å². The van der Waals surface area contributed by atoms with E-state index in [-0.39, 0.29) is 10.6 Å². The standard InChI is InChI=1S/C13H18N2O3/c1-10-9-12(4-5-13(10)15(16)17)14-11-3-2-7-18-8-6-11/h4-5,9,11,14H,2-3,6-8H2,1H3. The molecule has 1 fully saturated rings. The van der Waals surface area contributed by atoms with Crippen LogP contribution in [0.2, 0.25) is 0 Å². The third kappa shape index (κ3) is 3.20. The number of ether oxygens (including phenoxy) is 1. The Morgan fingerprint density at radius 1 is 1.39 bits per heavy atom. The van der Waals surface area contributed by atoms with Gasteiger partial charge in [-0.2, -0.15) is 0 Å². The van der Waals surface area contributed by atoms with Crippen molar-refractivity contribution in [1.29, 1.82) is 0 Å². The van der Waals surface area contributed by atoms with Gasteiger partial charge in [-0.3, -0.25) is 10.1 Å². The summed E-state index contributed by atoms with van der Waals surface area (Å²) in [6, 6.07) is 5.57. The minimum absolute atomic E-state index is 0.171. The number of benzene rings is 1. The number of nitro benzene ring substituents is 1. The molecule has 0 aliphatic carbocycles. The molecule has 5 nitrogen and oxygen atoms in total. The van der Waals surface area contributed by atoms with E-state index in [1.165, 1.54) is 0 Å². The molecule has 1 saturated heterocycles. The molecule has 1 aromatic rings. The van der Waals surface area contributed by atoms with E-state index in [1.807, 2.05) is 6.07 Å². The molecule has 0 radical (unpaired) electrons. The lowest BCUT2D eigenvalue weighted by molar-refractivity contribution is -0.385. The van der Waals surface area contributed by atoms with Gasteiger partial charge in [-0.05, 0) is 38.3 Å². The van der Waals surface area contributed by atoms with Crippen molar-refractivity contribution < 1.29 is 9.66 Å². The largest absolute Gasteiger partial charge is 0.382 e. The second-order valence-electron chi connectivity index (χ2n) is 4.64. The minimum atomic E-state index is -0.349. The number of nitrogens with zero attached hydrogens (tertiary/aromatic N) is 1. The summed E-state index contributed by atoms with van der Waals surface area (Å²) in [6.45, 7) is 3.38. The van der Waals surface area contributed by atoms with Crippen LogP contribution in [0.4, 0.5) is 11.4 Å². The van der Waals surface area contributed by atoms with Crippen molar-refractivity contribution in [2.75, 3.05) is 18.5 Å². The number of nitro groups is 1. The molecule has 1 aliphatic rings. The predicted octanol–water partition coefficient (Wildman–Crippen LogP) is 2.88. The molecule has 1 aromatic carbocycles. The molecule has 0 saturated carbocycles. The number of aryl methyl sites for hydroxylation is 1. The Bertz CT molecular complexity index is 426. The van der Waals surface area contributed by atoms with Gasteiger partial charge in [0.05, 0.1) is 4.92 Å².